The molecule has 0 aromatic heterocycles. The Morgan fingerprint density at radius 1 is 1.26 bits per heavy atom. The van der Waals surface area contributed by atoms with Gasteiger partial charge in [0.25, 0.3) is 0 Å². The molecule has 1 spiro atoms. The van der Waals surface area contributed by atoms with Crippen molar-refractivity contribution < 1.29 is 9.47 Å². The van der Waals surface area contributed by atoms with E-state index in [4.69, 9.17) is 9.47 Å². The van der Waals surface area contributed by atoms with E-state index < -0.39 is 0 Å². The van der Waals surface area contributed by atoms with Crippen LogP contribution >= 0.6 is 0 Å². The van der Waals surface area contributed by atoms with Crippen molar-refractivity contribution >= 4 is 0 Å². The van der Waals surface area contributed by atoms with Gasteiger partial charge >= 0.3 is 0 Å². The molecule has 3 unspecified atom stereocenters. The SMILES string of the molecule is CC(c1ccccc1)N1CCOC2(CCOC2C)C1. The van der Waals surface area contributed by atoms with Crippen LogP contribution in [0.2, 0.25) is 0 Å². The van der Waals surface area contributed by atoms with Crippen molar-refractivity contribution in [2.75, 3.05) is 26.3 Å². The molecular formula is C16H23NO2. The van der Waals surface area contributed by atoms with E-state index >= 15 is 0 Å². The van der Waals surface area contributed by atoms with Crippen molar-refractivity contribution in [2.45, 2.75) is 38.0 Å². The lowest BCUT2D eigenvalue weighted by molar-refractivity contribution is -0.142. The molecule has 104 valence electrons. The smallest absolute Gasteiger partial charge is 0.109 e. The highest BCUT2D eigenvalue weighted by Gasteiger charge is 2.46. The lowest BCUT2D eigenvalue weighted by Crippen LogP contribution is -2.55. The predicted molar refractivity (Wildman–Crippen MR) is 75.1 cm³/mol. The first kappa shape index (κ1) is 13.1. The molecular weight excluding hydrogens is 238 g/mol. The second-order valence-corrected chi connectivity index (χ2v) is 5.73. The molecule has 3 rings (SSSR count). The van der Waals surface area contributed by atoms with Crippen LogP contribution in [0.15, 0.2) is 30.3 Å². The van der Waals surface area contributed by atoms with E-state index in [0.29, 0.717) is 6.04 Å². The molecule has 0 saturated carbocycles. The molecule has 0 bridgehead atoms. The van der Waals surface area contributed by atoms with Gasteiger partial charge in [-0.3, -0.25) is 4.90 Å². The molecule has 3 heteroatoms. The Morgan fingerprint density at radius 2 is 2.05 bits per heavy atom. The highest BCUT2D eigenvalue weighted by atomic mass is 16.6. The summed E-state index contributed by atoms with van der Waals surface area (Å²) < 4.78 is 11.8. The zero-order valence-corrected chi connectivity index (χ0v) is 11.8. The molecule has 0 N–H and O–H groups in total. The average Bonchev–Trinajstić information content (AvgIpc) is 2.80. The molecule has 2 aliphatic rings. The summed E-state index contributed by atoms with van der Waals surface area (Å²) in [6.07, 6.45) is 1.23. The van der Waals surface area contributed by atoms with Gasteiger partial charge in [0.05, 0.1) is 12.7 Å². The molecule has 0 amide bonds. The molecule has 2 saturated heterocycles. The van der Waals surface area contributed by atoms with Crippen LogP contribution in [-0.2, 0) is 9.47 Å². The Bertz CT molecular complexity index is 422. The largest absolute Gasteiger partial charge is 0.375 e. The third-order valence-corrected chi connectivity index (χ3v) is 4.70. The Morgan fingerprint density at radius 3 is 2.74 bits per heavy atom. The first-order valence-electron chi connectivity index (χ1n) is 7.26. The van der Waals surface area contributed by atoms with Crippen molar-refractivity contribution in [1.82, 2.24) is 4.90 Å². The van der Waals surface area contributed by atoms with E-state index in [-0.39, 0.29) is 11.7 Å². The summed E-state index contributed by atoms with van der Waals surface area (Å²) in [6, 6.07) is 11.2. The lowest BCUT2D eigenvalue weighted by Gasteiger charge is -2.44. The Hall–Kier alpha value is -0.900. The van der Waals surface area contributed by atoms with E-state index in [0.717, 1.165) is 32.7 Å². The van der Waals surface area contributed by atoms with E-state index in [1.807, 2.05) is 0 Å². The van der Waals surface area contributed by atoms with Crippen LogP contribution < -0.4 is 0 Å². The topological polar surface area (TPSA) is 21.7 Å². The van der Waals surface area contributed by atoms with Gasteiger partial charge in [0.1, 0.15) is 5.60 Å². The van der Waals surface area contributed by atoms with Crippen molar-refractivity contribution in [3.63, 3.8) is 0 Å². The first-order chi connectivity index (χ1) is 9.21. The fourth-order valence-corrected chi connectivity index (χ4v) is 3.27. The minimum atomic E-state index is -0.0821. The average molecular weight is 261 g/mol. The number of ether oxygens (including phenoxy) is 2. The standard InChI is InChI=1S/C16H23NO2/c1-13(15-6-4-3-5-7-15)17-9-11-19-16(12-17)8-10-18-14(16)2/h3-7,13-14H,8-12H2,1-2H3. The fourth-order valence-electron chi connectivity index (χ4n) is 3.27. The maximum atomic E-state index is 6.09. The second-order valence-electron chi connectivity index (χ2n) is 5.73. The number of rotatable bonds is 2. The van der Waals surface area contributed by atoms with E-state index in [1.165, 1.54) is 5.56 Å². The monoisotopic (exact) mass is 261 g/mol. The molecule has 2 fully saturated rings. The molecule has 0 radical (unpaired) electrons. The van der Waals surface area contributed by atoms with Gasteiger partial charge in [-0.25, -0.2) is 0 Å². The summed E-state index contributed by atoms with van der Waals surface area (Å²) in [5.41, 5.74) is 1.30. The Labute approximate surface area is 115 Å². The zero-order chi connectivity index (χ0) is 13.3. The van der Waals surface area contributed by atoms with Crippen molar-refractivity contribution in [3.8, 4) is 0 Å². The quantitative estimate of drug-likeness (QED) is 0.817. The third-order valence-electron chi connectivity index (χ3n) is 4.70. The second kappa shape index (κ2) is 5.23. The van der Waals surface area contributed by atoms with Crippen LogP contribution in [0.1, 0.15) is 31.9 Å². The summed E-state index contributed by atoms with van der Waals surface area (Å²) in [7, 11) is 0. The van der Waals surface area contributed by atoms with Crippen molar-refractivity contribution in [3.05, 3.63) is 35.9 Å². The number of hydrogen-bond acceptors (Lipinski definition) is 3. The maximum Gasteiger partial charge on any atom is 0.109 e. The van der Waals surface area contributed by atoms with Crippen molar-refractivity contribution in [1.29, 1.82) is 0 Å². The maximum absolute atomic E-state index is 6.09. The number of benzene rings is 1. The normalized spacial score (nSPS) is 33.7. The molecule has 1 aromatic carbocycles. The highest BCUT2D eigenvalue weighted by molar-refractivity contribution is 5.18. The van der Waals surface area contributed by atoms with Crippen LogP contribution in [0.3, 0.4) is 0 Å². The fraction of sp³-hybridized carbons (Fsp3) is 0.625. The van der Waals surface area contributed by atoms with Gasteiger partial charge in [-0.15, -0.1) is 0 Å². The van der Waals surface area contributed by atoms with Gasteiger partial charge in [0.2, 0.25) is 0 Å². The predicted octanol–water partition coefficient (Wildman–Crippen LogP) is 2.63. The van der Waals surface area contributed by atoms with Crippen LogP contribution in [0.4, 0.5) is 0 Å². The van der Waals surface area contributed by atoms with Crippen molar-refractivity contribution in [2.24, 2.45) is 0 Å². The molecule has 0 aliphatic carbocycles. The molecule has 3 nitrogen and oxygen atoms in total. The van der Waals surface area contributed by atoms with Gasteiger partial charge < -0.3 is 9.47 Å². The molecule has 2 aliphatic heterocycles. The molecule has 2 heterocycles. The number of hydrogen-bond donors (Lipinski definition) is 0. The number of nitrogens with zero attached hydrogens (tertiary/aromatic N) is 1. The highest BCUT2D eigenvalue weighted by Crippen LogP contribution is 2.35. The van der Waals surface area contributed by atoms with Gasteiger partial charge in [-0.1, -0.05) is 30.3 Å². The minimum Gasteiger partial charge on any atom is -0.375 e. The number of morpholine rings is 1. The van der Waals surface area contributed by atoms with Gasteiger partial charge in [0.15, 0.2) is 0 Å². The molecule has 19 heavy (non-hydrogen) atoms. The summed E-state index contributed by atoms with van der Waals surface area (Å²) >= 11 is 0. The van der Waals surface area contributed by atoms with Gasteiger partial charge in [-0.2, -0.15) is 0 Å². The van der Waals surface area contributed by atoms with E-state index in [2.05, 4.69) is 49.1 Å². The summed E-state index contributed by atoms with van der Waals surface area (Å²) in [5, 5.41) is 0. The Balaban J connectivity index is 1.75. The summed E-state index contributed by atoms with van der Waals surface area (Å²) in [5.74, 6) is 0. The molecule has 3 atom stereocenters. The summed E-state index contributed by atoms with van der Waals surface area (Å²) in [4.78, 5) is 2.53. The Kier molecular flexibility index (Phi) is 3.61. The first-order valence-corrected chi connectivity index (χ1v) is 7.26. The van der Waals surface area contributed by atoms with Gasteiger partial charge in [-0.05, 0) is 19.4 Å². The van der Waals surface area contributed by atoms with Crippen LogP contribution in [0, 0.1) is 0 Å². The van der Waals surface area contributed by atoms with E-state index in [1.54, 1.807) is 0 Å². The van der Waals surface area contributed by atoms with Crippen LogP contribution in [0.25, 0.3) is 0 Å². The minimum absolute atomic E-state index is 0.0821. The summed E-state index contributed by atoms with van der Waals surface area (Å²) in [6.45, 7) is 8.05. The van der Waals surface area contributed by atoms with Crippen LogP contribution in [0.5, 0.6) is 0 Å². The molecule has 1 aromatic rings. The third kappa shape index (κ3) is 2.42. The van der Waals surface area contributed by atoms with Crippen LogP contribution in [-0.4, -0.2) is 42.9 Å². The zero-order valence-electron chi connectivity index (χ0n) is 11.8. The lowest BCUT2D eigenvalue weighted by atomic mass is 9.92. The van der Waals surface area contributed by atoms with Gasteiger partial charge in [0, 0.05) is 32.2 Å². The van der Waals surface area contributed by atoms with E-state index in [9.17, 15) is 0 Å².